The van der Waals surface area contributed by atoms with E-state index in [1.54, 1.807) is 11.3 Å². The van der Waals surface area contributed by atoms with Gasteiger partial charge < -0.3 is 5.32 Å². The summed E-state index contributed by atoms with van der Waals surface area (Å²) in [6, 6.07) is 8.89. The summed E-state index contributed by atoms with van der Waals surface area (Å²) in [7, 11) is 0. The number of nitrogens with one attached hydrogen (secondary N) is 1. The Hall–Kier alpha value is -1.19. The molecule has 19 heavy (non-hydrogen) atoms. The maximum atomic E-state index is 4.35. The van der Waals surface area contributed by atoms with Crippen molar-refractivity contribution in [3.8, 4) is 0 Å². The van der Waals surface area contributed by atoms with Crippen molar-refractivity contribution in [2.24, 2.45) is 0 Å². The highest BCUT2D eigenvalue weighted by Crippen LogP contribution is 2.17. The molecule has 0 saturated heterocycles. The van der Waals surface area contributed by atoms with Gasteiger partial charge in [-0.3, -0.25) is 0 Å². The summed E-state index contributed by atoms with van der Waals surface area (Å²) in [4.78, 5) is 4.35. The predicted octanol–water partition coefficient (Wildman–Crippen LogP) is 4.16. The van der Waals surface area contributed by atoms with E-state index in [9.17, 15) is 0 Å². The normalized spacial score (nSPS) is 12.8. The van der Waals surface area contributed by atoms with Crippen LogP contribution < -0.4 is 5.32 Å². The topological polar surface area (TPSA) is 24.9 Å². The second-order valence-electron chi connectivity index (χ2n) is 5.30. The fourth-order valence-electron chi connectivity index (χ4n) is 2.02. The van der Waals surface area contributed by atoms with Crippen molar-refractivity contribution in [2.45, 2.75) is 39.2 Å². The lowest BCUT2D eigenvalue weighted by Crippen LogP contribution is -2.19. The van der Waals surface area contributed by atoms with E-state index in [0.29, 0.717) is 11.8 Å². The van der Waals surface area contributed by atoms with Crippen LogP contribution in [0.5, 0.6) is 0 Å². The summed E-state index contributed by atoms with van der Waals surface area (Å²) in [6.07, 6.45) is 1.88. The molecule has 0 aliphatic heterocycles. The minimum absolute atomic E-state index is 0.481. The van der Waals surface area contributed by atoms with E-state index in [4.69, 9.17) is 0 Å². The fourth-order valence-corrected chi connectivity index (χ4v) is 2.72. The van der Waals surface area contributed by atoms with Crippen LogP contribution in [0.3, 0.4) is 0 Å². The average Bonchev–Trinajstić information content (AvgIpc) is 2.93. The van der Waals surface area contributed by atoms with Gasteiger partial charge in [-0.05, 0) is 17.0 Å². The molecule has 1 N–H and O–H groups in total. The number of aromatic nitrogens is 1. The lowest BCUT2D eigenvalue weighted by atomic mass is 10.0. The fraction of sp³-hybridized carbons (Fsp3) is 0.438. The molecule has 0 fully saturated rings. The monoisotopic (exact) mass is 274 g/mol. The standard InChI is InChI=1S/C16H22N2S/c1-12(2)15-6-4-14(5-7-15)11-17-10-13(3)16-18-8-9-19-16/h4-9,12-13,17H,10-11H2,1-3H3. The molecule has 2 rings (SSSR count). The third kappa shape index (κ3) is 4.15. The van der Waals surface area contributed by atoms with Gasteiger partial charge in [0.25, 0.3) is 0 Å². The molecule has 1 atom stereocenters. The predicted molar refractivity (Wildman–Crippen MR) is 82.8 cm³/mol. The molecule has 1 unspecified atom stereocenters. The van der Waals surface area contributed by atoms with Crippen LogP contribution in [0.25, 0.3) is 0 Å². The first-order valence-electron chi connectivity index (χ1n) is 6.85. The zero-order valence-electron chi connectivity index (χ0n) is 11.9. The molecule has 1 aromatic heterocycles. The second-order valence-corrected chi connectivity index (χ2v) is 6.22. The summed E-state index contributed by atoms with van der Waals surface area (Å²) < 4.78 is 0. The maximum absolute atomic E-state index is 4.35. The third-order valence-electron chi connectivity index (χ3n) is 3.30. The number of thiazole rings is 1. The van der Waals surface area contributed by atoms with Crippen molar-refractivity contribution in [1.82, 2.24) is 10.3 Å². The Morgan fingerprint density at radius 3 is 2.47 bits per heavy atom. The molecule has 0 amide bonds. The minimum Gasteiger partial charge on any atom is -0.312 e. The highest BCUT2D eigenvalue weighted by atomic mass is 32.1. The molecule has 1 aromatic carbocycles. The summed E-state index contributed by atoms with van der Waals surface area (Å²) in [6.45, 7) is 8.56. The van der Waals surface area contributed by atoms with E-state index in [1.807, 2.05) is 11.6 Å². The molecule has 0 saturated carbocycles. The first-order valence-corrected chi connectivity index (χ1v) is 7.73. The third-order valence-corrected chi connectivity index (χ3v) is 4.31. The van der Waals surface area contributed by atoms with E-state index in [2.05, 4.69) is 55.3 Å². The summed E-state index contributed by atoms with van der Waals surface area (Å²) in [5.41, 5.74) is 2.75. The molecule has 3 heteroatoms. The van der Waals surface area contributed by atoms with Crippen LogP contribution in [-0.2, 0) is 6.54 Å². The highest BCUT2D eigenvalue weighted by molar-refractivity contribution is 7.09. The molecule has 0 aliphatic rings. The van der Waals surface area contributed by atoms with E-state index >= 15 is 0 Å². The van der Waals surface area contributed by atoms with E-state index in [-0.39, 0.29) is 0 Å². The smallest absolute Gasteiger partial charge is 0.0965 e. The molecular weight excluding hydrogens is 252 g/mol. The largest absolute Gasteiger partial charge is 0.312 e. The van der Waals surface area contributed by atoms with Crippen LogP contribution >= 0.6 is 11.3 Å². The van der Waals surface area contributed by atoms with Gasteiger partial charge in [0.1, 0.15) is 0 Å². The second kappa shape index (κ2) is 6.83. The quantitative estimate of drug-likeness (QED) is 0.855. The molecule has 0 radical (unpaired) electrons. The van der Waals surface area contributed by atoms with Crippen molar-refractivity contribution >= 4 is 11.3 Å². The minimum atomic E-state index is 0.481. The van der Waals surface area contributed by atoms with Crippen molar-refractivity contribution in [3.63, 3.8) is 0 Å². The molecule has 2 nitrogen and oxygen atoms in total. The number of hydrogen-bond acceptors (Lipinski definition) is 3. The van der Waals surface area contributed by atoms with Gasteiger partial charge in [0.2, 0.25) is 0 Å². The summed E-state index contributed by atoms with van der Waals surface area (Å²) in [5.74, 6) is 1.09. The van der Waals surface area contributed by atoms with Crippen LogP contribution in [0, 0.1) is 0 Å². The maximum Gasteiger partial charge on any atom is 0.0965 e. The number of benzene rings is 1. The molecular formula is C16H22N2S. The highest BCUT2D eigenvalue weighted by Gasteiger charge is 2.07. The van der Waals surface area contributed by atoms with Crippen molar-refractivity contribution in [3.05, 3.63) is 52.0 Å². The van der Waals surface area contributed by atoms with Gasteiger partial charge in [0.05, 0.1) is 5.01 Å². The Morgan fingerprint density at radius 2 is 1.89 bits per heavy atom. The first-order chi connectivity index (χ1) is 9.16. The average molecular weight is 274 g/mol. The zero-order valence-corrected chi connectivity index (χ0v) is 12.7. The summed E-state index contributed by atoms with van der Waals surface area (Å²) >= 11 is 1.73. The number of nitrogens with zero attached hydrogens (tertiary/aromatic N) is 1. The molecule has 102 valence electrons. The Kier molecular flexibility index (Phi) is 5.11. The number of rotatable bonds is 6. The lowest BCUT2D eigenvalue weighted by molar-refractivity contribution is 0.612. The van der Waals surface area contributed by atoms with Gasteiger partial charge in [-0.2, -0.15) is 0 Å². The molecule has 2 aromatic rings. The van der Waals surface area contributed by atoms with Crippen LogP contribution in [-0.4, -0.2) is 11.5 Å². The lowest BCUT2D eigenvalue weighted by Gasteiger charge is -2.11. The molecule has 0 aliphatic carbocycles. The SMILES string of the molecule is CC(C)c1ccc(CNCC(C)c2nccs2)cc1. The van der Waals surface area contributed by atoms with Crippen molar-refractivity contribution < 1.29 is 0 Å². The van der Waals surface area contributed by atoms with E-state index in [0.717, 1.165) is 13.1 Å². The van der Waals surface area contributed by atoms with Crippen LogP contribution in [0.1, 0.15) is 48.7 Å². The zero-order chi connectivity index (χ0) is 13.7. The van der Waals surface area contributed by atoms with E-state index < -0.39 is 0 Å². The van der Waals surface area contributed by atoms with Gasteiger partial charge in [-0.1, -0.05) is 45.0 Å². The van der Waals surface area contributed by atoms with E-state index in [1.165, 1.54) is 16.1 Å². The number of hydrogen-bond donors (Lipinski definition) is 1. The Morgan fingerprint density at radius 1 is 1.16 bits per heavy atom. The van der Waals surface area contributed by atoms with Gasteiger partial charge in [-0.25, -0.2) is 4.98 Å². The van der Waals surface area contributed by atoms with Gasteiger partial charge in [0.15, 0.2) is 0 Å². The van der Waals surface area contributed by atoms with Crippen LogP contribution in [0.2, 0.25) is 0 Å². The van der Waals surface area contributed by atoms with Gasteiger partial charge in [0, 0.05) is 30.6 Å². The first kappa shape index (κ1) is 14.2. The Labute approximate surface area is 119 Å². The summed E-state index contributed by atoms with van der Waals surface area (Å²) in [5, 5.41) is 6.75. The molecule has 0 bridgehead atoms. The van der Waals surface area contributed by atoms with Gasteiger partial charge in [-0.15, -0.1) is 11.3 Å². The van der Waals surface area contributed by atoms with Gasteiger partial charge >= 0.3 is 0 Å². The van der Waals surface area contributed by atoms with Crippen LogP contribution in [0.4, 0.5) is 0 Å². The molecule has 0 spiro atoms. The molecule has 1 heterocycles. The van der Waals surface area contributed by atoms with Crippen LogP contribution in [0.15, 0.2) is 35.8 Å². The van der Waals surface area contributed by atoms with Crippen molar-refractivity contribution in [1.29, 1.82) is 0 Å². The Bertz CT molecular complexity index is 474. The Balaban J connectivity index is 1.79. The van der Waals surface area contributed by atoms with Crippen molar-refractivity contribution in [2.75, 3.05) is 6.54 Å².